The monoisotopic (exact) mass is 525 g/mol. The van der Waals surface area contributed by atoms with E-state index in [0.717, 1.165) is 19.0 Å². The van der Waals surface area contributed by atoms with Crippen LogP contribution in [0.5, 0.6) is 11.5 Å². The molecule has 0 saturated carbocycles. The van der Waals surface area contributed by atoms with Gasteiger partial charge in [-0.25, -0.2) is 9.79 Å². The van der Waals surface area contributed by atoms with Crippen LogP contribution in [0.25, 0.3) is 6.08 Å². The number of methoxy groups -OCH3 is 2. The molecule has 0 unspecified atom stereocenters. The molecular formula is C27H31N3O6S. The van der Waals surface area contributed by atoms with Crippen LogP contribution in [-0.2, 0) is 9.53 Å². The van der Waals surface area contributed by atoms with Gasteiger partial charge in [0.05, 0.1) is 36.6 Å². The van der Waals surface area contributed by atoms with Gasteiger partial charge in [0.25, 0.3) is 5.56 Å². The first-order chi connectivity index (χ1) is 17.9. The lowest BCUT2D eigenvalue weighted by Gasteiger charge is -2.26. The van der Waals surface area contributed by atoms with Crippen LogP contribution in [0.15, 0.2) is 55.8 Å². The van der Waals surface area contributed by atoms with Crippen LogP contribution in [0, 0.1) is 0 Å². The number of hydrogen-bond acceptors (Lipinski definition) is 9. The van der Waals surface area contributed by atoms with Crippen molar-refractivity contribution >= 4 is 29.3 Å². The van der Waals surface area contributed by atoms with Gasteiger partial charge in [-0.1, -0.05) is 11.3 Å². The highest BCUT2D eigenvalue weighted by molar-refractivity contribution is 7.07. The van der Waals surface area contributed by atoms with Crippen molar-refractivity contribution in [1.82, 2.24) is 4.57 Å². The molecule has 1 aliphatic heterocycles. The average Bonchev–Trinajstić information content (AvgIpc) is 3.48. The minimum absolute atomic E-state index is 0.190. The molecule has 2 aromatic heterocycles. The molecule has 1 aromatic carbocycles. The van der Waals surface area contributed by atoms with E-state index >= 15 is 0 Å². The van der Waals surface area contributed by atoms with Gasteiger partial charge in [-0.2, -0.15) is 0 Å². The highest BCUT2D eigenvalue weighted by Crippen LogP contribution is 2.37. The van der Waals surface area contributed by atoms with E-state index in [1.54, 1.807) is 52.3 Å². The molecule has 0 saturated heterocycles. The summed E-state index contributed by atoms with van der Waals surface area (Å²) in [5.41, 5.74) is 1.04. The van der Waals surface area contributed by atoms with Crippen molar-refractivity contribution in [3.05, 3.63) is 72.6 Å². The lowest BCUT2D eigenvalue weighted by Crippen LogP contribution is -2.40. The Kier molecular flexibility index (Phi) is 7.87. The molecule has 4 rings (SSSR count). The summed E-state index contributed by atoms with van der Waals surface area (Å²) in [6.45, 7) is 9.40. The summed E-state index contributed by atoms with van der Waals surface area (Å²) in [6.07, 6.45) is 1.71. The Morgan fingerprint density at radius 3 is 2.57 bits per heavy atom. The van der Waals surface area contributed by atoms with Crippen molar-refractivity contribution in [2.24, 2.45) is 4.99 Å². The summed E-state index contributed by atoms with van der Waals surface area (Å²) in [6, 6.07) is 8.19. The number of thiazole rings is 1. The molecule has 0 radical (unpaired) electrons. The number of carbonyl (C=O) groups is 1. The molecular weight excluding hydrogens is 494 g/mol. The molecule has 3 aromatic rings. The quantitative estimate of drug-likeness (QED) is 0.396. The second kappa shape index (κ2) is 11.1. The molecule has 37 heavy (non-hydrogen) atoms. The Morgan fingerprint density at radius 2 is 1.92 bits per heavy atom. The number of anilines is 1. The van der Waals surface area contributed by atoms with E-state index in [2.05, 4.69) is 23.7 Å². The molecule has 0 bridgehead atoms. The molecule has 0 spiro atoms. The van der Waals surface area contributed by atoms with E-state index in [1.807, 2.05) is 12.1 Å². The van der Waals surface area contributed by atoms with E-state index in [-0.39, 0.29) is 17.7 Å². The summed E-state index contributed by atoms with van der Waals surface area (Å²) in [5.74, 6) is 1.83. The van der Waals surface area contributed by atoms with E-state index in [4.69, 9.17) is 18.6 Å². The van der Waals surface area contributed by atoms with Gasteiger partial charge in [0.2, 0.25) is 0 Å². The fraction of sp³-hybridized carbons (Fsp3) is 0.370. The second-order valence-corrected chi connectivity index (χ2v) is 9.27. The largest absolute Gasteiger partial charge is 0.497 e. The molecule has 0 aliphatic carbocycles. The molecule has 0 amide bonds. The number of furan rings is 1. The van der Waals surface area contributed by atoms with Crippen LogP contribution in [0.4, 0.5) is 5.88 Å². The van der Waals surface area contributed by atoms with Gasteiger partial charge in [-0.15, -0.1) is 0 Å². The highest BCUT2D eigenvalue weighted by Gasteiger charge is 2.35. The van der Waals surface area contributed by atoms with Gasteiger partial charge in [0.15, 0.2) is 10.7 Å². The number of esters is 1. The lowest BCUT2D eigenvalue weighted by atomic mass is 9.95. The van der Waals surface area contributed by atoms with Crippen LogP contribution >= 0.6 is 11.3 Å². The fourth-order valence-corrected chi connectivity index (χ4v) is 5.42. The molecule has 0 fully saturated rings. The third-order valence-corrected chi connectivity index (χ3v) is 7.19. The summed E-state index contributed by atoms with van der Waals surface area (Å²) in [4.78, 5) is 34.1. The van der Waals surface area contributed by atoms with Crippen LogP contribution in [0.3, 0.4) is 0 Å². The standard InChI is InChI=1S/C27H31N3O6S/c1-7-29(8-2)22-13-11-18(36-22)15-21-25(31)30-24(19-14-17(33-5)10-12-20(19)34-6)23(26(32)35-9-3)16(4)28-27(30)37-21/h10-15,24H,7-9H2,1-6H3/b21-15+/t24-/m0/s1. The molecule has 1 aliphatic rings. The summed E-state index contributed by atoms with van der Waals surface area (Å²) < 4.78 is 24.4. The van der Waals surface area contributed by atoms with Crippen molar-refractivity contribution in [3.8, 4) is 11.5 Å². The molecule has 10 heteroatoms. The number of carbonyl (C=O) groups excluding carboxylic acids is 1. The second-order valence-electron chi connectivity index (χ2n) is 8.26. The predicted octanol–water partition coefficient (Wildman–Crippen LogP) is 3.25. The Hall–Kier alpha value is -3.79. The van der Waals surface area contributed by atoms with Gasteiger partial charge in [-0.3, -0.25) is 9.36 Å². The first-order valence-corrected chi connectivity index (χ1v) is 12.9. The van der Waals surface area contributed by atoms with E-state index in [0.29, 0.717) is 37.9 Å². The van der Waals surface area contributed by atoms with Gasteiger partial charge in [0, 0.05) is 30.8 Å². The number of hydrogen-bond donors (Lipinski definition) is 0. The number of rotatable bonds is 9. The maximum atomic E-state index is 13.8. The summed E-state index contributed by atoms with van der Waals surface area (Å²) in [7, 11) is 3.10. The number of nitrogens with zero attached hydrogens (tertiary/aromatic N) is 3. The Labute approximate surface area is 218 Å². The molecule has 0 N–H and O–H groups in total. The number of fused-ring (bicyclic) bond motifs is 1. The smallest absolute Gasteiger partial charge is 0.338 e. The summed E-state index contributed by atoms with van der Waals surface area (Å²) in [5, 5.41) is 0. The fourth-order valence-electron chi connectivity index (χ4n) is 4.39. The van der Waals surface area contributed by atoms with Gasteiger partial charge in [0.1, 0.15) is 23.3 Å². The maximum Gasteiger partial charge on any atom is 0.338 e. The molecule has 1 atom stereocenters. The van der Waals surface area contributed by atoms with Crippen molar-refractivity contribution in [1.29, 1.82) is 0 Å². The van der Waals surface area contributed by atoms with E-state index in [1.165, 1.54) is 15.9 Å². The zero-order chi connectivity index (χ0) is 26.7. The van der Waals surface area contributed by atoms with E-state index < -0.39 is 12.0 Å². The zero-order valence-electron chi connectivity index (χ0n) is 21.9. The van der Waals surface area contributed by atoms with E-state index in [9.17, 15) is 9.59 Å². The average molecular weight is 526 g/mol. The first-order valence-electron chi connectivity index (χ1n) is 12.1. The number of benzene rings is 1. The van der Waals surface area contributed by atoms with Crippen molar-refractivity contribution in [2.45, 2.75) is 33.7 Å². The normalized spacial score (nSPS) is 15.3. The summed E-state index contributed by atoms with van der Waals surface area (Å²) >= 11 is 1.23. The minimum Gasteiger partial charge on any atom is -0.497 e. The van der Waals surface area contributed by atoms with Crippen molar-refractivity contribution in [3.63, 3.8) is 0 Å². The highest BCUT2D eigenvalue weighted by atomic mass is 32.1. The number of ether oxygens (including phenoxy) is 3. The Morgan fingerprint density at radius 1 is 1.16 bits per heavy atom. The topological polar surface area (TPSA) is 95.5 Å². The predicted molar refractivity (Wildman–Crippen MR) is 142 cm³/mol. The first kappa shape index (κ1) is 26.3. The number of allylic oxidation sites excluding steroid dienone is 1. The van der Waals surface area contributed by atoms with Crippen LogP contribution in [0.2, 0.25) is 0 Å². The molecule has 9 nitrogen and oxygen atoms in total. The number of aromatic nitrogens is 1. The van der Waals surface area contributed by atoms with Crippen molar-refractivity contribution in [2.75, 3.05) is 38.8 Å². The third kappa shape index (κ3) is 4.93. The van der Waals surface area contributed by atoms with Crippen LogP contribution in [-0.4, -0.2) is 44.5 Å². The SMILES string of the molecule is CCOC(=O)C1=C(C)N=c2s/c(=C/c3ccc(N(CC)CC)o3)c(=O)n2[C@H]1c1cc(OC)ccc1OC. The Bertz CT molecular complexity index is 1510. The van der Waals surface area contributed by atoms with Gasteiger partial charge < -0.3 is 23.5 Å². The van der Waals surface area contributed by atoms with Crippen LogP contribution < -0.4 is 29.3 Å². The van der Waals surface area contributed by atoms with Gasteiger partial charge >= 0.3 is 5.97 Å². The Balaban J connectivity index is 1.94. The lowest BCUT2D eigenvalue weighted by molar-refractivity contribution is -0.139. The molecule has 196 valence electrons. The minimum atomic E-state index is -0.815. The van der Waals surface area contributed by atoms with Crippen molar-refractivity contribution < 1.29 is 23.4 Å². The zero-order valence-corrected chi connectivity index (χ0v) is 22.7. The maximum absolute atomic E-state index is 13.8. The molecule has 3 heterocycles. The third-order valence-electron chi connectivity index (χ3n) is 6.21. The van der Waals surface area contributed by atoms with Crippen LogP contribution in [0.1, 0.15) is 45.1 Å². The van der Waals surface area contributed by atoms with Gasteiger partial charge in [-0.05, 0) is 52.0 Å².